The van der Waals surface area contributed by atoms with E-state index in [4.69, 9.17) is 14.7 Å². The van der Waals surface area contributed by atoms with Gasteiger partial charge in [-0.3, -0.25) is 9.63 Å². The predicted octanol–water partition coefficient (Wildman–Crippen LogP) is 5.44. The van der Waals surface area contributed by atoms with E-state index in [1.165, 1.54) is 13.2 Å². The Labute approximate surface area is 231 Å². The molecule has 0 unspecified atom stereocenters. The van der Waals surface area contributed by atoms with E-state index >= 15 is 0 Å². The standard InChI is InChI=1S/C30H31F2N5O3/c1-18(2)36-17-21(29(40-36)20-10-11-25(31)26(32)13-20)12-24(38)14-27-19(3)28(22-15-33-30(39-4)34-16-22)35-37(27)23-8-6-5-7-9-23/h5-11,13,15-16,18,21,29H,12,14,17H2,1-4H3/t21-,29+/m1/s1. The lowest BCUT2D eigenvalue weighted by atomic mass is 9.90. The van der Waals surface area contributed by atoms with Crippen LogP contribution in [0.1, 0.15) is 43.2 Å². The lowest BCUT2D eigenvalue weighted by Crippen LogP contribution is -2.27. The molecule has 0 radical (unpaired) electrons. The molecule has 2 atom stereocenters. The summed E-state index contributed by atoms with van der Waals surface area (Å²) >= 11 is 0. The number of Topliss-reactive ketones (excluding diaryl/α,β-unsaturated/α-hetero) is 1. The molecule has 40 heavy (non-hydrogen) atoms. The van der Waals surface area contributed by atoms with Gasteiger partial charge in [-0.15, -0.1) is 0 Å². The Balaban J connectivity index is 1.44. The van der Waals surface area contributed by atoms with Crippen LogP contribution >= 0.6 is 0 Å². The molecule has 208 valence electrons. The van der Waals surface area contributed by atoms with E-state index in [0.29, 0.717) is 23.4 Å². The number of ether oxygens (including phenoxy) is 1. The first-order valence-electron chi connectivity index (χ1n) is 13.2. The normalized spacial score (nSPS) is 17.5. The molecule has 5 rings (SSSR count). The highest BCUT2D eigenvalue weighted by atomic mass is 19.2. The molecule has 2 aromatic heterocycles. The van der Waals surface area contributed by atoms with Gasteiger partial charge >= 0.3 is 6.01 Å². The van der Waals surface area contributed by atoms with Crippen molar-refractivity contribution in [3.8, 4) is 23.0 Å². The molecule has 4 aromatic rings. The Bertz CT molecular complexity index is 1490. The number of aromatic nitrogens is 4. The molecule has 0 spiro atoms. The molecule has 0 saturated carbocycles. The summed E-state index contributed by atoms with van der Waals surface area (Å²) in [5, 5.41) is 6.64. The third-order valence-corrected chi connectivity index (χ3v) is 7.12. The fraction of sp³-hybridized carbons (Fsp3) is 0.333. The van der Waals surface area contributed by atoms with Crippen LogP contribution < -0.4 is 4.74 Å². The molecule has 2 aromatic carbocycles. The van der Waals surface area contributed by atoms with Crippen LogP contribution in [0.25, 0.3) is 16.9 Å². The van der Waals surface area contributed by atoms with Crippen molar-refractivity contribution in [2.75, 3.05) is 13.7 Å². The number of benzene rings is 2. The molecule has 0 N–H and O–H groups in total. The van der Waals surface area contributed by atoms with Crippen LogP contribution in [0.15, 0.2) is 60.9 Å². The number of carbonyl (C=O) groups is 1. The average Bonchev–Trinajstić information content (AvgIpc) is 3.52. The number of methoxy groups -OCH3 is 1. The lowest BCUT2D eigenvalue weighted by Gasteiger charge is -2.20. The van der Waals surface area contributed by atoms with Gasteiger partial charge in [0.05, 0.1) is 24.2 Å². The topological polar surface area (TPSA) is 82.4 Å². The molecule has 1 fully saturated rings. The maximum Gasteiger partial charge on any atom is 0.316 e. The van der Waals surface area contributed by atoms with E-state index in [9.17, 15) is 13.6 Å². The largest absolute Gasteiger partial charge is 0.467 e. The monoisotopic (exact) mass is 547 g/mol. The first-order valence-corrected chi connectivity index (χ1v) is 13.2. The smallest absolute Gasteiger partial charge is 0.316 e. The van der Waals surface area contributed by atoms with Gasteiger partial charge in [-0.2, -0.15) is 10.2 Å². The second kappa shape index (κ2) is 11.6. The summed E-state index contributed by atoms with van der Waals surface area (Å²) in [5.74, 6) is -2.10. The molecule has 1 aliphatic rings. The van der Waals surface area contributed by atoms with Crippen molar-refractivity contribution in [3.05, 3.63) is 89.4 Å². The molecule has 8 nitrogen and oxygen atoms in total. The highest BCUT2D eigenvalue weighted by molar-refractivity contribution is 5.82. The van der Waals surface area contributed by atoms with Crippen molar-refractivity contribution in [2.45, 2.75) is 45.8 Å². The molecular formula is C30H31F2N5O3. The minimum atomic E-state index is -0.938. The second-order valence-corrected chi connectivity index (χ2v) is 10.2. The summed E-state index contributed by atoms with van der Waals surface area (Å²) in [5.41, 5.74) is 4.30. The summed E-state index contributed by atoms with van der Waals surface area (Å²) in [6.45, 7) is 6.40. The molecule has 0 amide bonds. The lowest BCUT2D eigenvalue weighted by molar-refractivity contribution is -0.168. The molecular weight excluding hydrogens is 516 g/mol. The molecule has 1 aliphatic heterocycles. The van der Waals surface area contributed by atoms with Crippen LogP contribution in [-0.2, 0) is 16.1 Å². The quantitative estimate of drug-likeness (QED) is 0.276. The molecule has 0 bridgehead atoms. The zero-order valence-electron chi connectivity index (χ0n) is 22.8. The van der Waals surface area contributed by atoms with Crippen molar-refractivity contribution in [1.29, 1.82) is 0 Å². The van der Waals surface area contributed by atoms with Crippen molar-refractivity contribution >= 4 is 5.78 Å². The number of nitrogens with zero attached hydrogens (tertiary/aromatic N) is 5. The Morgan fingerprint density at radius 3 is 2.48 bits per heavy atom. The van der Waals surface area contributed by atoms with E-state index in [0.717, 1.165) is 29.1 Å². The summed E-state index contributed by atoms with van der Waals surface area (Å²) in [7, 11) is 1.50. The van der Waals surface area contributed by atoms with Crippen LogP contribution in [0.3, 0.4) is 0 Å². The van der Waals surface area contributed by atoms with Crippen molar-refractivity contribution in [1.82, 2.24) is 24.8 Å². The Morgan fingerprint density at radius 1 is 1.10 bits per heavy atom. The predicted molar refractivity (Wildman–Crippen MR) is 145 cm³/mol. The maximum atomic E-state index is 14.1. The highest BCUT2D eigenvalue weighted by Crippen LogP contribution is 2.38. The van der Waals surface area contributed by atoms with Gasteiger partial charge in [-0.1, -0.05) is 24.3 Å². The van der Waals surface area contributed by atoms with Gasteiger partial charge in [0.2, 0.25) is 0 Å². The number of hydrogen-bond donors (Lipinski definition) is 0. The van der Waals surface area contributed by atoms with Crippen molar-refractivity contribution in [3.63, 3.8) is 0 Å². The number of hydrogen-bond acceptors (Lipinski definition) is 7. The zero-order chi connectivity index (χ0) is 28.4. The van der Waals surface area contributed by atoms with Gasteiger partial charge in [0.1, 0.15) is 11.9 Å². The van der Waals surface area contributed by atoms with Crippen LogP contribution in [-0.4, -0.2) is 50.3 Å². The van der Waals surface area contributed by atoms with Crippen molar-refractivity contribution < 1.29 is 23.1 Å². The summed E-state index contributed by atoms with van der Waals surface area (Å²) < 4.78 is 34.5. The van der Waals surface area contributed by atoms with Gasteiger partial charge < -0.3 is 4.74 Å². The minimum Gasteiger partial charge on any atom is -0.467 e. The molecule has 3 heterocycles. The highest BCUT2D eigenvalue weighted by Gasteiger charge is 2.38. The first kappa shape index (κ1) is 27.5. The number of halogens is 2. The van der Waals surface area contributed by atoms with E-state index in [2.05, 4.69) is 9.97 Å². The van der Waals surface area contributed by atoms with Gasteiger partial charge in [-0.25, -0.2) is 23.4 Å². The Hall–Kier alpha value is -4.02. The van der Waals surface area contributed by atoms with E-state index in [-0.39, 0.29) is 36.6 Å². The SMILES string of the molecule is COc1ncc(-c2nn(-c3ccccc3)c(CC(=O)C[C@@H]3CN(C(C)C)O[C@H]3c3ccc(F)c(F)c3)c2C)cn1. The van der Waals surface area contributed by atoms with E-state index < -0.39 is 17.7 Å². The maximum absolute atomic E-state index is 14.1. The second-order valence-electron chi connectivity index (χ2n) is 10.2. The van der Waals surface area contributed by atoms with E-state index in [1.807, 2.05) is 51.1 Å². The van der Waals surface area contributed by atoms with Crippen LogP contribution in [0.2, 0.25) is 0 Å². The number of hydroxylamine groups is 2. The zero-order valence-corrected chi connectivity index (χ0v) is 22.8. The number of ketones is 1. The van der Waals surface area contributed by atoms with E-state index in [1.54, 1.807) is 22.1 Å². The van der Waals surface area contributed by atoms with Gasteiger partial charge in [0.15, 0.2) is 11.6 Å². The number of para-hydroxylation sites is 1. The van der Waals surface area contributed by atoms with Crippen LogP contribution in [0, 0.1) is 24.5 Å². The van der Waals surface area contributed by atoms with Crippen LogP contribution in [0.4, 0.5) is 8.78 Å². The van der Waals surface area contributed by atoms with Gasteiger partial charge in [0.25, 0.3) is 0 Å². The Kier molecular flexibility index (Phi) is 7.99. The van der Waals surface area contributed by atoms with Gasteiger partial charge in [0, 0.05) is 49.3 Å². The third kappa shape index (κ3) is 5.64. The first-order chi connectivity index (χ1) is 19.2. The summed E-state index contributed by atoms with van der Waals surface area (Å²) in [6.07, 6.45) is 3.06. The Morgan fingerprint density at radius 2 is 1.82 bits per heavy atom. The molecule has 10 heteroatoms. The fourth-order valence-corrected chi connectivity index (χ4v) is 5.02. The average molecular weight is 548 g/mol. The minimum absolute atomic E-state index is 0.00972. The third-order valence-electron chi connectivity index (χ3n) is 7.12. The number of carbonyl (C=O) groups excluding carboxylic acids is 1. The molecule has 0 aliphatic carbocycles. The van der Waals surface area contributed by atoms with Gasteiger partial charge in [-0.05, 0) is 56.2 Å². The van der Waals surface area contributed by atoms with Crippen LogP contribution in [0.5, 0.6) is 6.01 Å². The summed E-state index contributed by atoms with van der Waals surface area (Å²) in [4.78, 5) is 28.1. The summed E-state index contributed by atoms with van der Waals surface area (Å²) in [6, 6.07) is 13.7. The van der Waals surface area contributed by atoms with Crippen molar-refractivity contribution in [2.24, 2.45) is 5.92 Å². The molecule has 1 saturated heterocycles. The fourth-order valence-electron chi connectivity index (χ4n) is 5.02. The number of rotatable bonds is 9.